The van der Waals surface area contributed by atoms with E-state index in [2.05, 4.69) is 47.5 Å². The first kappa shape index (κ1) is 21.2. The van der Waals surface area contributed by atoms with Crippen molar-refractivity contribution in [1.82, 2.24) is 14.8 Å². The lowest BCUT2D eigenvalue weighted by molar-refractivity contribution is -0.120. The minimum atomic E-state index is -0.176. The summed E-state index contributed by atoms with van der Waals surface area (Å²) < 4.78 is 2.04. The van der Waals surface area contributed by atoms with Crippen molar-refractivity contribution in [1.29, 1.82) is 5.26 Å². The topological polar surface area (TPSA) is 71.6 Å². The van der Waals surface area contributed by atoms with E-state index in [0.717, 1.165) is 46.6 Å². The lowest BCUT2D eigenvalue weighted by Crippen LogP contribution is -2.35. The van der Waals surface area contributed by atoms with E-state index >= 15 is 0 Å². The number of aromatic nitrogens is 3. The molecule has 2 aliphatic carbocycles. The first-order valence-electron chi connectivity index (χ1n) is 12.0. The van der Waals surface area contributed by atoms with Crippen LogP contribution < -0.4 is 0 Å². The number of fused-ring (bicyclic) bond motifs is 3. The van der Waals surface area contributed by atoms with Crippen LogP contribution in [0.5, 0.6) is 0 Å². The van der Waals surface area contributed by atoms with Gasteiger partial charge in [-0.1, -0.05) is 55.5 Å². The molecule has 35 heavy (non-hydrogen) atoms. The van der Waals surface area contributed by atoms with Crippen LogP contribution in [0.25, 0.3) is 28.1 Å². The molecule has 5 nitrogen and oxygen atoms in total. The molecule has 0 radical (unpaired) electrons. The molecule has 0 bridgehead atoms. The predicted molar refractivity (Wildman–Crippen MR) is 135 cm³/mol. The third-order valence-corrected chi connectivity index (χ3v) is 7.49. The molecule has 0 amide bonds. The summed E-state index contributed by atoms with van der Waals surface area (Å²) in [5, 5.41) is 14.8. The normalized spacial score (nSPS) is 21.0. The highest BCUT2D eigenvalue weighted by atomic mass is 16.1. The van der Waals surface area contributed by atoms with E-state index in [1.54, 1.807) is 12.4 Å². The van der Waals surface area contributed by atoms with E-state index in [1.165, 1.54) is 5.56 Å². The van der Waals surface area contributed by atoms with E-state index in [0.29, 0.717) is 0 Å². The molecule has 6 rings (SSSR count). The van der Waals surface area contributed by atoms with Gasteiger partial charge in [0, 0.05) is 35.4 Å². The van der Waals surface area contributed by atoms with Crippen molar-refractivity contribution in [2.45, 2.75) is 25.7 Å². The van der Waals surface area contributed by atoms with Crippen LogP contribution in [0.1, 0.15) is 30.5 Å². The SMILES string of the molecule is CC1C(=O)C(C#N)=CC2c3c(c(-c4ccccc4)nn3-c3ccc(-c4ccncc4)cc3)CCC12. The number of allylic oxidation sites excluding steroid dienone is 2. The number of carbonyl (C=O) groups is 1. The number of Topliss-reactive ketones (excluding diaryl/α,β-unsaturated/α-hetero) is 1. The Hall–Kier alpha value is -4.30. The number of rotatable bonds is 3. The Morgan fingerprint density at radius 1 is 0.943 bits per heavy atom. The van der Waals surface area contributed by atoms with E-state index in [1.807, 2.05) is 48.0 Å². The molecule has 2 aromatic carbocycles. The molecule has 4 aromatic rings. The molecule has 3 unspecified atom stereocenters. The second-order valence-electron chi connectivity index (χ2n) is 9.35. The Bertz CT molecular complexity index is 1480. The van der Waals surface area contributed by atoms with Gasteiger partial charge < -0.3 is 0 Å². The van der Waals surface area contributed by atoms with Gasteiger partial charge in [0.25, 0.3) is 0 Å². The Morgan fingerprint density at radius 3 is 2.37 bits per heavy atom. The van der Waals surface area contributed by atoms with Gasteiger partial charge in [-0.3, -0.25) is 9.78 Å². The van der Waals surface area contributed by atoms with Gasteiger partial charge in [-0.25, -0.2) is 4.68 Å². The summed E-state index contributed by atoms with van der Waals surface area (Å²) in [7, 11) is 0. The van der Waals surface area contributed by atoms with Gasteiger partial charge in [-0.05, 0) is 54.2 Å². The third kappa shape index (κ3) is 3.50. The molecule has 2 heterocycles. The fourth-order valence-electron chi connectivity index (χ4n) is 5.67. The zero-order valence-corrected chi connectivity index (χ0v) is 19.4. The first-order chi connectivity index (χ1) is 17.2. The van der Waals surface area contributed by atoms with Gasteiger partial charge in [0.15, 0.2) is 5.78 Å². The highest BCUT2D eigenvalue weighted by molar-refractivity contribution is 6.01. The zero-order valence-electron chi connectivity index (χ0n) is 19.4. The number of hydrogen-bond acceptors (Lipinski definition) is 4. The summed E-state index contributed by atoms with van der Waals surface area (Å²) in [5.41, 5.74) is 7.84. The van der Waals surface area contributed by atoms with Crippen LogP contribution in [0.3, 0.4) is 0 Å². The largest absolute Gasteiger partial charge is 0.293 e. The van der Waals surface area contributed by atoms with Crippen molar-refractivity contribution in [3.05, 3.63) is 102 Å². The Morgan fingerprint density at radius 2 is 1.66 bits per heavy atom. The molecular formula is C30H24N4O. The summed E-state index contributed by atoms with van der Waals surface area (Å²) in [6.45, 7) is 1.97. The third-order valence-electron chi connectivity index (χ3n) is 7.49. The fraction of sp³-hybridized carbons (Fsp3) is 0.200. The van der Waals surface area contributed by atoms with Crippen LogP contribution in [0.2, 0.25) is 0 Å². The van der Waals surface area contributed by atoms with Crippen LogP contribution in [0, 0.1) is 23.2 Å². The maximum atomic E-state index is 12.8. The molecular weight excluding hydrogens is 432 g/mol. The van der Waals surface area contributed by atoms with Gasteiger partial charge in [0.1, 0.15) is 6.07 Å². The highest BCUT2D eigenvalue weighted by Crippen LogP contribution is 2.48. The predicted octanol–water partition coefficient (Wildman–Crippen LogP) is 5.92. The standard InChI is InChI=1S/C30H24N4O/c1-19-25-11-12-26-28(22-5-3-2-4-6-22)33-34(29(26)27(25)17-23(18-31)30(19)35)24-9-7-20(8-10-24)21-13-15-32-16-14-21/h2-10,13-17,19,25,27H,11-12H2,1H3. The van der Waals surface area contributed by atoms with Crippen LogP contribution in [0.15, 0.2) is 90.8 Å². The first-order valence-corrected chi connectivity index (χ1v) is 12.0. The second kappa shape index (κ2) is 8.48. The van der Waals surface area contributed by atoms with Gasteiger partial charge in [0.2, 0.25) is 0 Å². The van der Waals surface area contributed by atoms with Gasteiger partial charge >= 0.3 is 0 Å². The summed E-state index contributed by atoms with van der Waals surface area (Å²) >= 11 is 0. The molecule has 0 spiro atoms. The Labute approximate surface area is 204 Å². The zero-order chi connectivity index (χ0) is 23.9. The molecule has 2 aliphatic rings. The number of nitrogens with zero attached hydrogens (tertiary/aromatic N) is 4. The molecule has 3 atom stereocenters. The number of pyridine rings is 1. The van der Waals surface area contributed by atoms with E-state index < -0.39 is 0 Å². The number of ketones is 1. The molecule has 0 N–H and O–H groups in total. The maximum Gasteiger partial charge on any atom is 0.176 e. The van der Waals surface area contributed by atoms with Crippen molar-refractivity contribution in [2.75, 3.05) is 0 Å². The Balaban J connectivity index is 1.53. The number of benzene rings is 2. The van der Waals surface area contributed by atoms with Crippen LogP contribution >= 0.6 is 0 Å². The second-order valence-corrected chi connectivity index (χ2v) is 9.35. The van der Waals surface area contributed by atoms with E-state index in [-0.39, 0.29) is 29.1 Å². The maximum absolute atomic E-state index is 12.8. The van der Waals surface area contributed by atoms with Crippen LogP contribution in [-0.2, 0) is 11.2 Å². The van der Waals surface area contributed by atoms with Crippen molar-refractivity contribution in [2.24, 2.45) is 11.8 Å². The number of nitriles is 1. The smallest absolute Gasteiger partial charge is 0.176 e. The number of hydrogen-bond donors (Lipinski definition) is 0. The molecule has 0 fully saturated rings. The summed E-state index contributed by atoms with van der Waals surface area (Å²) in [6.07, 6.45) is 7.26. The Kier molecular flexibility index (Phi) is 5.15. The van der Waals surface area contributed by atoms with Crippen molar-refractivity contribution < 1.29 is 4.79 Å². The fourth-order valence-corrected chi connectivity index (χ4v) is 5.67. The van der Waals surface area contributed by atoms with Gasteiger partial charge in [0.05, 0.1) is 22.6 Å². The minimum absolute atomic E-state index is 0.0223. The lowest BCUT2D eigenvalue weighted by Gasteiger charge is -2.37. The molecule has 0 saturated carbocycles. The molecule has 5 heteroatoms. The van der Waals surface area contributed by atoms with Gasteiger partial charge in [-0.15, -0.1) is 0 Å². The van der Waals surface area contributed by atoms with Crippen LogP contribution in [0.4, 0.5) is 0 Å². The molecule has 2 aromatic heterocycles. The van der Waals surface area contributed by atoms with E-state index in [9.17, 15) is 10.1 Å². The summed E-state index contributed by atoms with van der Waals surface area (Å²) in [6, 6.07) is 24.8. The molecule has 0 aliphatic heterocycles. The van der Waals surface area contributed by atoms with Crippen LogP contribution in [-0.4, -0.2) is 20.5 Å². The average Bonchev–Trinajstić information content (AvgIpc) is 3.32. The summed E-state index contributed by atoms with van der Waals surface area (Å²) in [5.74, 6) is -0.0631. The lowest BCUT2D eigenvalue weighted by atomic mass is 9.66. The quantitative estimate of drug-likeness (QED) is 0.384. The number of carbonyl (C=O) groups excluding carboxylic acids is 1. The van der Waals surface area contributed by atoms with Crippen molar-refractivity contribution in [3.8, 4) is 34.1 Å². The van der Waals surface area contributed by atoms with Crippen molar-refractivity contribution >= 4 is 5.78 Å². The summed E-state index contributed by atoms with van der Waals surface area (Å²) in [4.78, 5) is 16.9. The molecule has 0 saturated heterocycles. The monoisotopic (exact) mass is 456 g/mol. The average molecular weight is 457 g/mol. The molecule has 170 valence electrons. The minimum Gasteiger partial charge on any atom is -0.293 e. The van der Waals surface area contributed by atoms with Gasteiger partial charge in [-0.2, -0.15) is 10.4 Å². The van der Waals surface area contributed by atoms with E-state index in [4.69, 9.17) is 5.10 Å². The highest BCUT2D eigenvalue weighted by Gasteiger charge is 2.43. The van der Waals surface area contributed by atoms with Crippen molar-refractivity contribution in [3.63, 3.8) is 0 Å².